The fourth-order valence-corrected chi connectivity index (χ4v) is 1.22. The van der Waals surface area contributed by atoms with Gasteiger partial charge in [-0.15, -0.1) is 0 Å². The van der Waals surface area contributed by atoms with Gasteiger partial charge < -0.3 is 14.8 Å². The van der Waals surface area contributed by atoms with Crippen molar-refractivity contribution >= 4 is 31.1 Å². The van der Waals surface area contributed by atoms with Gasteiger partial charge in [0.15, 0.2) is 0 Å². The maximum Gasteiger partial charge on any atom is 0.306 e. The molecule has 116 valence electrons. The van der Waals surface area contributed by atoms with E-state index in [0.717, 1.165) is 5.75 Å². The highest BCUT2D eigenvalue weighted by Gasteiger charge is 2.06. The number of carbonyl (C=O) groups excluding carboxylic acids is 2. The highest BCUT2D eigenvalue weighted by atomic mass is 32.1. The first-order valence-corrected chi connectivity index (χ1v) is 6.16. The average molecular weight is 303 g/mol. The summed E-state index contributed by atoms with van der Waals surface area (Å²) >= 11 is 0. The van der Waals surface area contributed by atoms with Gasteiger partial charge in [-0.05, 0) is 24.3 Å². The third-order valence-electron chi connectivity index (χ3n) is 2.16. The number of hydrogen-bond acceptors (Lipinski definition) is 4. The molecule has 0 fully saturated rings. The smallest absolute Gasteiger partial charge is 0.306 e. The molecule has 0 aliphatic rings. The van der Waals surface area contributed by atoms with E-state index in [0.29, 0.717) is 5.69 Å². The maximum absolute atomic E-state index is 11.4. The Hall–Kier alpha value is -1.69. The normalized spacial score (nSPS) is 8.40. The van der Waals surface area contributed by atoms with Crippen molar-refractivity contribution in [3.63, 3.8) is 0 Å². The quantitative estimate of drug-likeness (QED) is 0.849. The second kappa shape index (κ2) is 12.3. The molecule has 0 spiro atoms. The van der Waals surface area contributed by atoms with Crippen LogP contribution >= 0.6 is 13.5 Å². The van der Waals surface area contributed by atoms with Crippen LogP contribution in [0.15, 0.2) is 24.3 Å². The molecule has 5 nitrogen and oxygen atoms in total. The van der Waals surface area contributed by atoms with Gasteiger partial charge in [0.1, 0.15) is 5.75 Å². The third-order valence-corrected chi connectivity index (χ3v) is 2.16. The molecule has 0 atom stereocenters. The molecule has 1 amide bonds. The van der Waals surface area contributed by atoms with E-state index in [2.05, 4.69) is 10.1 Å². The van der Waals surface area contributed by atoms with E-state index in [1.54, 1.807) is 31.4 Å². The van der Waals surface area contributed by atoms with Crippen LogP contribution in [0.25, 0.3) is 0 Å². The van der Waals surface area contributed by atoms with Crippen LogP contribution in [0.3, 0.4) is 0 Å². The van der Waals surface area contributed by atoms with Gasteiger partial charge in [-0.2, -0.15) is 13.5 Å². The monoisotopic (exact) mass is 303 g/mol. The van der Waals surface area contributed by atoms with Crippen molar-refractivity contribution in [1.82, 2.24) is 0 Å². The average Bonchev–Trinajstić information content (AvgIpc) is 2.47. The first-order valence-electron chi connectivity index (χ1n) is 6.16. The van der Waals surface area contributed by atoms with Crippen LogP contribution in [0.4, 0.5) is 5.69 Å². The summed E-state index contributed by atoms with van der Waals surface area (Å²) < 4.78 is 9.44. The summed E-state index contributed by atoms with van der Waals surface area (Å²) in [6.45, 7) is 4.00. The largest absolute Gasteiger partial charge is 0.497 e. The van der Waals surface area contributed by atoms with Crippen molar-refractivity contribution in [2.45, 2.75) is 26.7 Å². The fraction of sp³-hybridized carbons (Fsp3) is 0.429. The molecule has 0 heterocycles. The van der Waals surface area contributed by atoms with Crippen molar-refractivity contribution in [2.24, 2.45) is 0 Å². The van der Waals surface area contributed by atoms with Crippen LogP contribution in [0.5, 0.6) is 5.75 Å². The van der Waals surface area contributed by atoms with Gasteiger partial charge in [0, 0.05) is 13.5 Å². The Balaban J connectivity index is -0.000000774. The molecule has 1 rings (SSSR count). The van der Waals surface area contributed by atoms with Crippen LogP contribution < -0.4 is 10.1 Å². The minimum absolute atomic E-state index is 0. The summed E-state index contributed by atoms with van der Waals surface area (Å²) in [6.07, 6.45) is 0.192. The van der Waals surface area contributed by atoms with Crippen LogP contribution in [0.2, 0.25) is 0 Å². The zero-order chi connectivity index (χ0) is 14.7. The summed E-state index contributed by atoms with van der Waals surface area (Å²) in [5.41, 5.74) is 0.667. The minimum Gasteiger partial charge on any atom is -0.497 e. The standard InChI is InChI=1S/C12H15NO4.C2H6.H2S.H2/c1-16-10-5-3-9(4-6-10)13-11(14)7-8-12(15)17-2;1-2;;/h3-6H,7-8H2,1-2H3,(H,13,14);1-2H3;1H2;1H. The summed E-state index contributed by atoms with van der Waals surface area (Å²) in [7, 11) is 2.87. The lowest BCUT2D eigenvalue weighted by Gasteiger charge is -2.05. The summed E-state index contributed by atoms with van der Waals surface area (Å²) in [6, 6.07) is 6.95. The zero-order valence-electron chi connectivity index (χ0n) is 12.4. The van der Waals surface area contributed by atoms with Gasteiger partial charge in [-0.1, -0.05) is 13.8 Å². The van der Waals surface area contributed by atoms with Gasteiger partial charge in [0.25, 0.3) is 0 Å². The molecule has 0 aliphatic carbocycles. The van der Waals surface area contributed by atoms with E-state index in [9.17, 15) is 9.59 Å². The minimum atomic E-state index is -0.394. The second-order valence-electron chi connectivity index (χ2n) is 3.35. The lowest BCUT2D eigenvalue weighted by atomic mass is 10.2. The molecule has 0 unspecified atom stereocenters. The molecule has 0 saturated carbocycles. The predicted octanol–water partition coefficient (Wildman–Crippen LogP) is 2.97. The number of amides is 1. The maximum atomic E-state index is 11.4. The second-order valence-corrected chi connectivity index (χ2v) is 3.35. The number of nitrogens with one attached hydrogen (secondary N) is 1. The summed E-state index contributed by atoms with van der Waals surface area (Å²) in [4.78, 5) is 22.3. The molecule has 0 aliphatic heterocycles. The fourth-order valence-electron chi connectivity index (χ4n) is 1.22. The molecule has 0 saturated heterocycles. The SMILES string of the molecule is CC.COC(=O)CCC(=O)Nc1ccc(OC)cc1.S.[HH]. The number of rotatable bonds is 5. The Morgan fingerprint density at radius 1 is 1.10 bits per heavy atom. The van der Waals surface area contributed by atoms with Gasteiger partial charge in [-0.25, -0.2) is 0 Å². The van der Waals surface area contributed by atoms with E-state index >= 15 is 0 Å². The van der Waals surface area contributed by atoms with Crippen LogP contribution in [-0.2, 0) is 14.3 Å². The number of esters is 1. The molecule has 1 aromatic carbocycles. The van der Waals surface area contributed by atoms with Crippen LogP contribution in [0.1, 0.15) is 28.1 Å². The van der Waals surface area contributed by atoms with Crippen LogP contribution in [-0.4, -0.2) is 26.1 Å². The zero-order valence-corrected chi connectivity index (χ0v) is 13.4. The number of ether oxygens (including phenoxy) is 2. The molecule has 0 bridgehead atoms. The van der Waals surface area contributed by atoms with Gasteiger partial charge in [-0.3, -0.25) is 9.59 Å². The van der Waals surface area contributed by atoms with E-state index in [4.69, 9.17) is 4.74 Å². The van der Waals surface area contributed by atoms with E-state index < -0.39 is 5.97 Å². The molecule has 6 heteroatoms. The van der Waals surface area contributed by atoms with Gasteiger partial charge in [0.2, 0.25) is 5.91 Å². The van der Waals surface area contributed by atoms with Crippen molar-refractivity contribution in [1.29, 1.82) is 0 Å². The molecule has 1 aromatic rings. The van der Waals surface area contributed by atoms with Crippen molar-refractivity contribution in [3.05, 3.63) is 24.3 Å². The van der Waals surface area contributed by atoms with Gasteiger partial charge >= 0.3 is 5.97 Å². The molecule has 20 heavy (non-hydrogen) atoms. The van der Waals surface area contributed by atoms with E-state index in [1.165, 1.54) is 7.11 Å². The third kappa shape index (κ3) is 8.42. The Labute approximate surface area is 128 Å². The summed E-state index contributed by atoms with van der Waals surface area (Å²) in [5.74, 6) is 0.105. The molecule has 1 N–H and O–H groups in total. The highest BCUT2D eigenvalue weighted by Crippen LogP contribution is 2.15. The van der Waals surface area contributed by atoms with Crippen LogP contribution in [0, 0.1) is 0 Å². The molecule has 0 radical (unpaired) electrons. The molecular formula is C14H25NO4S. The van der Waals surface area contributed by atoms with E-state index in [1.807, 2.05) is 13.8 Å². The van der Waals surface area contributed by atoms with Crippen molar-refractivity contribution < 1.29 is 20.5 Å². The lowest BCUT2D eigenvalue weighted by molar-refractivity contribution is -0.141. The number of carbonyl (C=O) groups is 2. The Kier molecular flexibility index (Phi) is 12.7. The molecule has 0 aromatic heterocycles. The number of hydrogen-bond donors (Lipinski definition) is 1. The first kappa shape index (κ1) is 20.6. The number of benzene rings is 1. The predicted molar refractivity (Wildman–Crippen MR) is 86.7 cm³/mol. The first-order chi connectivity index (χ1) is 9.15. The lowest BCUT2D eigenvalue weighted by Crippen LogP contribution is -2.13. The van der Waals surface area contributed by atoms with Crippen molar-refractivity contribution in [3.8, 4) is 5.75 Å². The highest BCUT2D eigenvalue weighted by molar-refractivity contribution is 7.59. The van der Waals surface area contributed by atoms with E-state index in [-0.39, 0.29) is 33.7 Å². The summed E-state index contributed by atoms with van der Waals surface area (Å²) in [5, 5.41) is 2.67. The Bertz CT molecular complexity index is 398. The number of anilines is 1. The van der Waals surface area contributed by atoms with Gasteiger partial charge in [0.05, 0.1) is 20.6 Å². The topological polar surface area (TPSA) is 64.6 Å². The molecular weight excluding hydrogens is 278 g/mol. The van der Waals surface area contributed by atoms with Crippen molar-refractivity contribution in [2.75, 3.05) is 19.5 Å². The Morgan fingerprint density at radius 2 is 1.65 bits per heavy atom. The number of methoxy groups -OCH3 is 2. The Morgan fingerprint density at radius 3 is 2.10 bits per heavy atom.